The number of rotatable bonds is 3. The molecule has 0 bridgehead atoms. The molecule has 1 aromatic rings. The van der Waals surface area contributed by atoms with Gasteiger partial charge >= 0.3 is 0 Å². The standard InChI is InChI=1S/C9H15N4/c1-2-9(8-7-10-12-11-8)13-5-3-4-6-13/h7H,2-6H2,1H3,(H,10,11,12). The molecule has 2 rings (SSSR count). The molecule has 4 heteroatoms. The van der Waals surface area contributed by atoms with Crippen molar-refractivity contribution in [1.82, 2.24) is 20.3 Å². The third kappa shape index (κ3) is 1.72. The highest BCUT2D eigenvalue weighted by Gasteiger charge is 2.24. The fourth-order valence-electron chi connectivity index (χ4n) is 1.90. The van der Waals surface area contributed by atoms with Gasteiger partial charge in [0.25, 0.3) is 0 Å². The van der Waals surface area contributed by atoms with E-state index in [2.05, 4.69) is 27.2 Å². The van der Waals surface area contributed by atoms with Crippen LogP contribution in [0, 0.1) is 6.04 Å². The molecule has 1 aromatic heterocycles. The molecule has 1 radical (unpaired) electrons. The zero-order valence-corrected chi connectivity index (χ0v) is 7.95. The summed E-state index contributed by atoms with van der Waals surface area (Å²) in [5.74, 6) is 0. The van der Waals surface area contributed by atoms with Gasteiger partial charge in [-0.05, 0) is 32.4 Å². The topological polar surface area (TPSA) is 44.8 Å². The maximum absolute atomic E-state index is 4.05. The van der Waals surface area contributed by atoms with Gasteiger partial charge in [-0.25, -0.2) is 0 Å². The van der Waals surface area contributed by atoms with E-state index in [1.807, 2.05) is 6.20 Å². The van der Waals surface area contributed by atoms with E-state index in [1.54, 1.807) is 0 Å². The molecule has 1 aliphatic heterocycles. The van der Waals surface area contributed by atoms with Gasteiger partial charge in [0.1, 0.15) is 5.69 Å². The Morgan fingerprint density at radius 3 is 2.85 bits per heavy atom. The molecule has 0 aliphatic carbocycles. The van der Waals surface area contributed by atoms with Gasteiger partial charge < -0.3 is 0 Å². The van der Waals surface area contributed by atoms with Gasteiger partial charge in [-0.15, -0.1) is 5.10 Å². The smallest absolute Gasteiger partial charge is 0.105 e. The van der Waals surface area contributed by atoms with Gasteiger partial charge in [-0.3, -0.25) is 10.00 Å². The van der Waals surface area contributed by atoms with Gasteiger partial charge in [-0.2, -0.15) is 0 Å². The third-order valence-corrected chi connectivity index (χ3v) is 2.54. The highest BCUT2D eigenvalue weighted by Crippen LogP contribution is 2.24. The molecule has 1 aliphatic rings. The van der Waals surface area contributed by atoms with Crippen LogP contribution in [0.3, 0.4) is 0 Å². The normalized spacial score (nSPS) is 18.6. The van der Waals surface area contributed by atoms with E-state index in [0.717, 1.165) is 12.1 Å². The minimum absolute atomic E-state index is 1.00. The first-order chi connectivity index (χ1) is 6.42. The molecule has 4 nitrogen and oxygen atoms in total. The first kappa shape index (κ1) is 8.69. The zero-order valence-electron chi connectivity index (χ0n) is 7.95. The van der Waals surface area contributed by atoms with Crippen LogP contribution in [0.5, 0.6) is 0 Å². The zero-order chi connectivity index (χ0) is 9.10. The highest BCUT2D eigenvalue weighted by atomic mass is 15.3. The first-order valence-electron chi connectivity index (χ1n) is 4.89. The number of aromatic amines is 1. The van der Waals surface area contributed by atoms with Crippen molar-refractivity contribution in [2.24, 2.45) is 0 Å². The monoisotopic (exact) mass is 179 g/mol. The molecule has 13 heavy (non-hydrogen) atoms. The van der Waals surface area contributed by atoms with E-state index in [0.29, 0.717) is 0 Å². The molecule has 1 N–H and O–H groups in total. The molecule has 0 atom stereocenters. The summed E-state index contributed by atoms with van der Waals surface area (Å²) in [6.07, 6.45) is 5.52. The van der Waals surface area contributed by atoms with Crippen molar-refractivity contribution in [2.45, 2.75) is 26.2 Å². The van der Waals surface area contributed by atoms with Crippen LogP contribution in [-0.2, 0) is 0 Å². The van der Waals surface area contributed by atoms with Gasteiger partial charge in [0, 0.05) is 6.20 Å². The van der Waals surface area contributed by atoms with E-state index in [4.69, 9.17) is 0 Å². The van der Waals surface area contributed by atoms with E-state index in [9.17, 15) is 0 Å². The average molecular weight is 179 g/mol. The van der Waals surface area contributed by atoms with Crippen LogP contribution in [0.4, 0.5) is 0 Å². The molecule has 0 saturated carbocycles. The Balaban J connectivity index is 2.08. The van der Waals surface area contributed by atoms with Crippen molar-refractivity contribution >= 4 is 0 Å². The summed E-state index contributed by atoms with van der Waals surface area (Å²) in [7, 11) is 0. The lowest BCUT2D eigenvalue weighted by Crippen LogP contribution is -2.26. The van der Waals surface area contributed by atoms with Crippen molar-refractivity contribution in [1.29, 1.82) is 0 Å². The summed E-state index contributed by atoms with van der Waals surface area (Å²) in [4.78, 5) is 2.41. The molecular weight excluding hydrogens is 164 g/mol. The van der Waals surface area contributed by atoms with Crippen molar-refractivity contribution in [2.75, 3.05) is 13.1 Å². The van der Waals surface area contributed by atoms with E-state index >= 15 is 0 Å². The number of likely N-dealkylation sites (tertiary alicyclic amines) is 1. The number of hydrogen-bond acceptors (Lipinski definition) is 3. The number of H-pyrrole nitrogens is 1. The Morgan fingerprint density at radius 1 is 1.54 bits per heavy atom. The lowest BCUT2D eigenvalue weighted by molar-refractivity contribution is 0.353. The van der Waals surface area contributed by atoms with Gasteiger partial charge in [-0.1, -0.05) is 12.1 Å². The third-order valence-electron chi connectivity index (χ3n) is 2.54. The Kier molecular flexibility index (Phi) is 2.59. The maximum atomic E-state index is 4.05. The van der Waals surface area contributed by atoms with Crippen LogP contribution < -0.4 is 0 Å². The van der Waals surface area contributed by atoms with Crippen LogP contribution in [0.2, 0.25) is 0 Å². The molecule has 1 fully saturated rings. The fourth-order valence-corrected chi connectivity index (χ4v) is 1.90. The quantitative estimate of drug-likeness (QED) is 0.758. The Labute approximate surface area is 78.3 Å². The van der Waals surface area contributed by atoms with E-state index in [-0.39, 0.29) is 0 Å². The summed E-state index contributed by atoms with van der Waals surface area (Å²) >= 11 is 0. The summed E-state index contributed by atoms with van der Waals surface area (Å²) < 4.78 is 0. The van der Waals surface area contributed by atoms with Crippen molar-refractivity contribution in [3.8, 4) is 0 Å². The van der Waals surface area contributed by atoms with Crippen LogP contribution >= 0.6 is 0 Å². The van der Waals surface area contributed by atoms with Gasteiger partial charge in [0.15, 0.2) is 0 Å². The van der Waals surface area contributed by atoms with Gasteiger partial charge in [0.05, 0.1) is 6.04 Å². The predicted molar refractivity (Wildman–Crippen MR) is 49.8 cm³/mol. The fraction of sp³-hybridized carbons (Fsp3) is 0.667. The van der Waals surface area contributed by atoms with Crippen molar-refractivity contribution in [3.05, 3.63) is 17.9 Å². The maximum Gasteiger partial charge on any atom is 0.105 e. The van der Waals surface area contributed by atoms with Crippen LogP contribution in [-0.4, -0.2) is 33.4 Å². The van der Waals surface area contributed by atoms with Crippen molar-refractivity contribution < 1.29 is 0 Å². The lowest BCUT2D eigenvalue weighted by Gasteiger charge is -2.22. The second kappa shape index (κ2) is 3.87. The number of aromatic nitrogens is 3. The van der Waals surface area contributed by atoms with Crippen molar-refractivity contribution in [3.63, 3.8) is 0 Å². The minimum atomic E-state index is 1.00. The van der Waals surface area contributed by atoms with E-state index in [1.165, 1.54) is 32.0 Å². The van der Waals surface area contributed by atoms with Crippen LogP contribution in [0.15, 0.2) is 6.20 Å². The second-order valence-corrected chi connectivity index (χ2v) is 3.35. The minimum Gasteiger partial charge on any atom is -0.290 e. The molecule has 71 valence electrons. The number of nitrogens with zero attached hydrogens (tertiary/aromatic N) is 3. The Morgan fingerprint density at radius 2 is 2.31 bits per heavy atom. The summed E-state index contributed by atoms with van der Waals surface area (Å²) in [6, 6.07) is 1.33. The second-order valence-electron chi connectivity index (χ2n) is 3.35. The molecule has 0 unspecified atom stereocenters. The lowest BCUT2D eigenvalue weighted by atomic mass is 10.1. The number of nitrogens with one attached hydrogen (secondary N) is 1. The molecule has 1 saturated heterocycles. The number of hydrogen-bond donors (Lipinski definition) is 1. The van der Waals surface area contributed by atoms with Crippen LogP contribution in [0.1, 0.15) is 31.9 Å². The largest absolute Gasteiger partial charge is 0.290 e. The Hall–Kier alpha value is -0.900. The summed E-state index contributed by atoms with van der Waals surface area (Å²) in [6.45, 7) is 4.52. The van der Waals surface area contributed by atoms with E-state index < -0.39 is 0 Å². The molecule has 0 aromatic carbocycles. The first-order valence-corrected chi connectivity index (χ1v) is 4.89. The summed E-state index contributed by atoms with van der Waals surface area (Å²) in [5.41, 5.74) is 1.00. The molecular formula is C9H15N4. The molecule has 0 spiro atoms. The predicted octanol–water partition coefficient (Wildman–Crippen LogP) is 1.19. The van der Waals surface area contributed by atoms with Crippen LogP contribution in [0.25, 0.3) is 0 Å². The Bertz CT molecular complexity index is 238. The van der Waals surface area contributed by atoms with Gasteiger partial charge in [0.2, 0.25) is 0 Å². The molecule has 2 heterocycles. The molecule has 0 amide bonds. The SMILES string of the molecule is CC[C](c1c[nH]nn1)N1CCCC1. The average Bonchev–Trinajstić information content (AvgIpc) is 2.76. The highest BCUT2D eigenvalue weighted by molar-refractivity contribution is 5.17. The summed E-state index contributed by atoms with van der Waals surface area (Å²) in [5, 5.41) is 10.5.